The Hall–Kier alpha value is -1.63. The molecule has 1 rings (SSSR count). The van der Waals surface area contributed by atoms with Crippen LogP contribution in [0.15, 0.2) is 0 Å². The highest BCUT2D eigenvalue weighted by molar-refractivity contribution is 5.83. The van der Waals surface area contributed by atoms with Gasteiger partial charge < -0.3 is 20.3 Å². The molecule has 19 heavy (non-hydrogen) atoms. The van der Waals surface area contributed by atoms with Gasteiger partial charge in [-0.3, -0.25) is 9.59 Å². The maximum atomic E-state index is 11.5. The molecule has 1 heterocycles. The molecule has 1 saturated heterocycles. The van der Waals surface area contributed by atoms with Crippen LogP contribution in [0.3, 0.4) is 0 Å². The lowest BCUT2D eigenvalue weighted by atomic mass is 10.1. The van der Waals surface area contributed by atoms with E-state index in [1.165, 1.54) is 14.0 Å². The van der Waals surface area contributed by atoms with Crippen molar-refractivity contribution in [1.29, 1.82) is 0 Å². The molecule has 0 aromatic rings. The molecule has 0 aromatic heterocycles. The number of esters is 1. The van der Waals surface area contributed by atoms with Gasteiger partial charge in [0.15, 0.2) is 0 Å². The van der Waals surface area contributed by atoms with Crippen molar-refractivity contribution >= 4 is 17.8 Å². The van der Waals surface area contributed by atoms with Gasteiger partial charge in [0.1, 0.15) is 6.04 Å². The van der Waals surface area contributed by atoms with Crippen LogP contribution in [0.2, 0.25) is 0 Å². The second kappa shape index (κ2) is 7.08. The fourth-order valence-electron chi connectivity index (χ4n) is 2.04. The van der Waals surface area contributed by atoms with Crippen LogP contribution in [0, 0.1) is 0 Å². The van der Waals surface area contributed by atoms with Crippen LogP contribution >= 0.6 is 0 Å². The maximum absolute atomic E-state index is 11.5. The first-order valence-electron chi connectivity index (χ1n) is 6.26. The van der Waals surface area contributed by atoms with E-state index in [0.717, 1.165) is 6.42 Å². The number of amides is 2. The van der Waals surface area contributed by atoms with Crippen LogP contribution in [-0.2, 0) is 19.1 Å². The summed E-state index contributed by atoms with van der Waals surface area (Å²) in [6.45, 7) is 2.24. The number of likely N-dealkylation sites (tertiary alicyclic amines) is 1. The number of ether oxygens (including phenoxy) is 1. The van der Waals surface area contributed by atoms with Crippen molar-refractivity contribution in [2.24, 2.45) is 0 Å². The van der Waals surface area contributed by atoms with Crippen molar-refractivity contribution in [3.05, 3.63) is 0 Å². The molecule has 1 fully saturated rings. The van der Waals surface area contributed by atoms with Gasteiger partial charge in [-0.05, 0) is 6.42 Å². The topological polar surface area (TPSA) is 87.7 Å². The predicted molar refractivity (Wildman–Crippen MR) is 68.3 cm³/mol. The number of hydrogen-bond acceptors (Lipinski definition) is 5. The molecule has 0 radical (unpaired) electrons. The quantitative estimate of drug-likeness (QED) is 0.618. The highest BCUT2D eigenvalue weighted by atomic mass is 16.5. The van der Waals surface area contributed by atoms with Gasteiger partial charge in [-0.15, -0.1) is 0 Å². The van der Waals surface area contributed by atoms with Gasteiger partial charge in [0.25, 0.3) is 0 Å². The lowest BCUT2D eigenvalue weighted by Gasteiger charge is -2.31. The number of carbonyl (C=O) groups is 3. The Labute approximate surface area is 112 Å². The van der Waals surface area contributed by atoms with Gasteiger partial charge in [-0.2, -0.15) is 0 Å². The zero-order valence-corrected chi connectivity index (χ0v) is 11.6. The van der Waals surface area contributed by atoms with Gasteiger partial charge in [0.05, 0.1) is 7.11 Å². The van der Waals surface area contributed by atoms with E-state index in [-0.39, 0.29) is 17.9 Å². The minimum absolute atomic E-state index is 0.128. The van der Waals surface area contributed by atoms with Crippen molar-refractivity contribution in [3.8, 4) is 0 Å². The van der Waals surface area contributed by atoms with E-state index >= 15 is 0 Å². The van der Waals surface area contributed by atoms with E-state index < -0.39 is 12.0 Å². The minimum atomic E-state index is -0.703. The van der Waals surface area contributed by atoms with Gasteiger partial charge in [-0.25, -0.2) is 4.79 Å². The third-order valence-corrected chi connectivity index (χ3v) is 3.10. The Kier molecular flexibility index (Phi) is 5.75. The summed E-state index contributed by atoms with van der Waals surface area (Å²) in [6.07, 6.45) is 1.23. The normalized spacial score (nSPS) is 20.9. The average Bonchev–Trinajstić information content (AvgIpc) is 2.37. The second-order valence-electron chi connectivity index (χ2n) is 4.69. The number of carbonyl (C=O) groups excluding carboxylic acids is 3. The molecular weight excluding hydrogens is 250 g/mol. The van der Waals surface area contributed by atoms with E-state index in [2.05, 4.69) is 15.4 Å². The van der Waals surface area contributed by atoms with Gasteiger partial charge in [0.2, 0.25) is 11.8 Å². The number of hydrogen-bond donors (Lipinski definition) is 2. The molecule has 1 aliphatic rings. The molecule has 7 nitrogen and oxygen atoms in total. The molecule has 2 N–H and O–H groups in total. The van der Waals surface area contributed by atoms with Crippen LogP contribution in [0.25, 0.3) is 0 Å². The highest BCUT2D eigenvalue weighted by Gasteiger charge is 2.25. The van der Waals surface area contributed by atoms with Crippen molar-refractivity contribution in [1.82, 2.24) is 15.5 Å². The SMILES string of the molecule is COC(=O)C(CNC1CCC(=O)N(C)C1)NC(C)=O. The molecule has 0 bridgehead atoms. The lowest BCUT2D eigenvalue weighted by Crippen LogP contribution is -2.53. The first-order chi connectivity index (χ1) is 8.93. The monoisotopic (exact) mass is 271 g/mol. The van der Waals surface area contributed by atoms with E-state index in [1.54, 1.807) is 11.9 Å². The number of nitrogens with one attached hydrogen (secondary N) is 2. The Balaban J connectivity index is 2.45. The highest BCUT2D eigenvalue weighted by Crippen LogP contribution is 2.09. The zero-order valence-electron chi connectivity index (χ0n) is 11.6. The third kappa shape index (κ3) is 4.86. The Morgan fingerprint density at radius 2 is 2.21 bits per heavy atom. The number of rotatable bonds is 5. The first-order valence-corrected chi connectivity index (χ1v) is 6.26. The number of methoxy groups -OCH3 is 1. The molecule has 2 amide bonds. The van der Waals surface area contributed by atoms with Gasteiger partial charge in [0, 0.05) is 39.5 Å². The van der Waals surface area contributed by atoms with Crippen molar-refractivity contribution in [3.63, 3.8) is 0 Å². The van der Waals surface area contributed by atoms with Crippen molar-refractivity contribution < 1.29 is 19.1 Å². The molecule has 2 atom stereocenters. The Bertz CT molecular complexity index is 359. The fourth-order valence-corrected chi connectivity index (χ4v) is 2.04. The molecule has 0 saturated carbocycles. The molecule has 0 aliphatic carbocycles. The molecule has 0 aromatic carbocycles. The van der Waals surface area contributed by atoms with Crippen LogP contribution in [0.1, 0.15) is 19.8 Å². The van der Waals surface area contributed by atoms with Crippen LogP contribution in [0.5, 0.6) is 0 Å². The summed E-state index contributed by atoms with van der Waals surface area (Å²) in [5.41, 5.74) is 0. The van der Waals surface area contributed by atoms with Crippen molar-refractivity contribution in [2.75, 3.05) is 27.2 Å². The molecule has 1 aliphatic heterocycles. The van der Waals surface area contributed by atoms with E-state index in [1.807, 2.05) is 0 Å². The van der Waals surface area contributed by atoms with Gasteiger partial charge >= 0.3 is 5.97 Å². The molecule has 108 valence electrons. The first kappa shape index (κ1) is 15.4. The number of nitrogens with zero attached hydrogens (tertiary/aromatic N) is 1. The molecular formula is C12H21N3O4. The number of piperidine rings is 1. The van der Waals surface area contributed by atoms with Crippen LogP contribution in [0.4, 0.5) is 0 Å². The summed E-state index contributed by atoms with van der Waals surface area (Å²) >= 11 is 0. The summed E-state index contributed by atoms with van der Waals surface area (Å²) in [5.74, 6) is -0.638. The summed E-state index contributed by atoms with van der Waals surface area (Å²) < 4.78 is 4.63. The van der Waals surface area contributed by atoms with Crippen LogP contribution < -0.4 is 10.6 Å². The average molecular weight is 271 g/mol. The summed E-state index contributed by atoms with van der Waals surface area (Å²) in [7, 11) is 3.03. The molecule has 2 unspecified atom stereocenters. The zero-order chi connectivity index (χ0) is 14.4. The summed E-state index contributed by atoms with van der Waals surface area (Å²) in [5, 5.41) is 5.72. The predicted octanol–water partition coefficient (Wildman–Crippen LogP) is -1.13. The minimum Gasteiger partial charge on any atom is -0.467 e. The Morgan fingerprint density at radius 3 is 2.74 bits per heavy atom. The summed E-state index contributed by atoms with van der Waals surface area (Å²) in [6, 6.07) is -0.575. The van der Waals surface area contributed by atoms with Crippen LogP contribution in [-0.4, -0.2) is 62.0 Å². The Morgan fingerprint density at radius 1 is 1.53 bits per heavy atom. The van der Waals surface area contributed by atoms with Gasteiger partial charge in [-0.1, -0.05) is 0 Å². The summed E-state index contributed by atoms with van der Waals surface area (Å²) in [4.78, 5) is 35.5. The largest absolute Gasteiger partial charge is 0.467 e. The van der Waals surface area contributed by atoms with E-state index in [4.69, 9.17) is 0 Å². The number of likely N-dealkylation sites (N-methyl/N-ethyl adjacent to an activating group) is 1. The smallest absolute Gasteiger partial charge is 0.329 e. The second-order valence-corrected chi connectivity index (χ2v) is 4.69. The van der Waals surface area contributed by atoms with E-state index in [0.29, 0.717) is 19.5 Å². The maximum Gasteiger partial charge on any atom is 0.329 e. The van der Waals surface area contributed by atoms with E-state index in [9.17, 15) is 14.4 Å². The van der Waals surface area contributed by atoms with Crippen molar-refractivity contribution in [2.45, 2.75) is 31.8 Å². The molecule has 0 spiro atoms. The third-order valence-electron chi connectivity index (χ3n) is 3.10. The molecule has 7 heteroatoms. The fraction of sp³-hybridized carbons (Fsp3) is 0.750. The lowest BCUT2D eigenvalue weighted by molar-refractivity contribution is -0.144. The standard InChI is InChI=1S/C12H21N3O4/c1-8(16)14-10(12(18)19-3)6-13-9-4-5-11(17)15(2)7-9/h9-10,13H,4-7H2,1-3H3,(H,14,16).